The lowest BCUT2D eigenvalue weighted by Crippen LogP contribution is -3.11. The van der Waals surface area contributed by atoms with Crippen LogP contribution in [0.1, 0.15) is 65.2 Å². The molecule has 2 heterocycles. The van der Waals surface area contributed by atoms with Gasteiger partial charge in [0, 0.05) is 25.7 Å². The molecule has 0 radical (unpaired) electrons. The number of nitrogens with one attached hydrogen (secondary N) is 1. The first-order valence-corrected chi connectivity index (χ1v) is 8.80. The van der Waals surface area contributed by atoms with Crippen molar-refractivity contribution in [3.63, 3.8) is 0 Å². The molecule has 0 saturated carbocycles. The van der Waals surface area contributed by atoms with E-state index in [1.807, 2.05) is 0 Å². The highest BCUT2D eigenvalue weighted by molar-refractivity contribution is 5.92. The number of hydrogen-bond acceptors (Lipinski definition) is 0. The zero-order valence-corrected chi connectivity index (χ0v) is 13.5. The standard InChI is InChI=1S/C18H31N2/c1-18(2)14-16(19-9-5-3-6-10-19)13-17(15-18)20-11-7-4-8-12-20/h13H,3-12,14-15H2,1-2H3/q+1/p+1. The molecule has 0 amide bonds. The fraction of sp³-hybridized carbons (Fsp3) is 0.833. The molecule has 3 aliphatic rings. The highest BCUT2D eigenvalue weighted by Crippen LogP contribution is 2.32. The summed E-state index contributed by atoms with van der Waals surface area (Å²) in [4.78, 5) is 1.79. The minimum atomic E-state index is 0.460. The van der Waals surface area contributed by atoms with E-state index in [1.54, 1.807) is 16.3 Å². The lowest BCUT2D eigenvalue weighted by Gasteiger charge is -2.34. The van der Waals surface area contributed by atoms with E-state index < -0.39 is 0 Å². The summed E-state index contributed by atoms with van der Waals surface area (Å²) in [5.41, 5.74) is 3.82. The van der Waals surface area contributed by atoms with Crippen molar-refractivity contribution >= 4 is 5.71 Å². The maximum absolute atomic E-state index is 2.69. The molecule has 2 heteroatoms. The van der Waals surface area contributed by atoms with Gasteiger partial charge in [-0.25, -0.2) is 4.58 Å². The smallest absolute Gasteiger partial charge is 0.182 e. The first kappa shape index (κ1) is 14.3. The third-order valence-corrected chi connectivity index (χ3v) is 5.34. The third-order valence-electron chi connectivity index (χ3n) is 5.34. The molecule has 112 valence electrons. The highest BCUT2D eigenvalue weighted by atomic mass is 15.1. The van der Waals surface area contributed by atoms with E-state index in [2.05, 4.69) is 24.5 Å². The van der Waals surface area contributed by atoms with Crippen LogP contribution in [0, 0.1) is 5.41 Å². The molecule has 0 unspecified atom stereocenters. The lowest BCUT2D eigenvalue weighted by atomic mass is 9.77. The minimum absolute atomic E-state index is 0.460. The SMILES string of the molecule is CC1(C)CC([NH+]2CCCCC2)=CC(=[N+]2CCCCC2)C1. The van der Waals surface area contributed by atoms with Crippen LogP contribution in [0.3, 0.4) is 0 Å². The van der Waals surface area contributed by atoms with Crippen molar-refractivity contribution in [1.82, 2.24) is 0 Å². The van der Waals surface area contributed by atoms with Crippen molar-refractivity contribution in [2.75, 3.05) is 26.2 Å². The molecule has 0 aromatic heterocycles. The molecule has 1 aliphatic carbocycles. The molecule has 1 N–H and O–H groups in total. The van der Waals surface area contributed by atoms with Gasteiger partial charge < -0.3 is 4.90 Å². The Morgan fingerprint density at radius 2 is 1.55 bits per heavy atom. The summed E-state index contributed by atoms with van der Waals surface area (Å²) >= 11 is 0. The second-order valence-electron chi connectivity index (χ2n) is 7.89. The molecule has 0 atom stereocenters. The van der Waals surface area contributed by atoms with E-state index in [1.165, 1.54) is 77.5 Å². The summed E-state index contributed by atoms with van der Waals surface area (Å²) in [5.74, 6) is 0. The van der Waals surface area contributed by atoms with Crippen molar-refractivity contribution in [3.8, 4) is 0 Å². The van der Waals surface area contributed by atoms with Gasteiger partial charge in [-0.15, -0.1) is 0 Å². The zero-order valence-electron chi connectivity index (χ0n) is 13.5. The summed E-state index contributed by atoms with van der Waals surface area (Å²) in [5, 5.41) is 0. The van der Waals surface area contributed by atoms with Crippen LogP contribution in [0.5, 0.6) is 0 Å². The van der Waals surface area contributed by atoms with Gasteiger partial charge in [0.2, 0.25) is 0 Å². The minimum Gasteiger partial charge on any atom is -0.306 e. The Bertz CT molecular complexity index is 403. The predicted octanol–water partition coefficient (Wildman–Crippen LogP) is 2.40. The van der Waals surface area contributed by atoms with Crippen molar-refractivity contribution in [2.45, 2.75) is 65.2 Å². The highest BCUT2D eigenvalue weighted by Gasteiger charge is 2.35. The van der Waals surface area contributed by atoms with Crippen LogP contribution in [0.4, 0.5) is 0 Å². The molecule has 3 rings (SSSR count). The molecule has 2 saturated heterocycles. The number of nitrogens with zero attached hydrogens (tertiary/aromatic N) is 1. The van der Waals surface area contributed by atoms with Crippen LogP contribution >= 0.6 is 0 Å². The fourth-order valence-corrected chi connectivity index (χ4v) is 4.28. The topological polar surface area (TPSA) is 7.45 Å². The van der Waals surface area contributed by atoms with Gasteiger partial charge in [-0.05, 0) is 31.1 Å². The lowest BCUT2D eigenvalue weighted by molar-refractivity contribution is -0.868. The Balaban J connectivity index is 1.85. The molecule has 0 spiro atoms. The van der Waals surface area contributed by atoms with Gasteiger partial charge in [0.1, 0.15) is 18.8 Å². The number of rotatable bonds is 1. The summed E-state index contributed by atoms with van der Waals surface area (Å²) in [6.45, 7) is 10.3. The third kappa shape index (κ3) is 3.33. The van der Waals surface area contributed by atoms with Gasteiger partial charge in [-0.2, -0.15) is 0 Å². The number of hydrogen-bond donors (Lipinski definition) is 1. The molecule has 0 aromatic rings. The average molecular weight is 276 g/mol. The summed E-state index contributed by atoms with van der Waals surface area (Å²) < 4.78 is 2.69. The van der Waals surface area contributed by atoms with E-state index in [9.17, 15) is 0 Å². The van der Waals surface area contributed by atoms with Gasteiger partial charge >= 0.3 is 0 Å². The number of quaternary nitrogens is 1. The van der Waals surface area contributed by atoms with Crippen LogP contribution in [-0.2, 0) is 0 Å². The van der Waals surface area contributed by atoms with Crippen LogP contribution in [0.25, 0.3) is 0 Å². The van der Waals surface area contributed by atoms with Crippen molar-refractivity contribution in [1.29, 1.82) is 0 Å². The van der Waals surface area contributed by atoms with Crippen molar-refractivity contribution < 1.29 is 9.48 Å². The average Bonchev–Trinajstić information content (AvgIpc) is 2.47. The summed E-state index contributed by atoms with van der Waals surface area (Å²) in [6.07, 6.45) is 13.7. The first-order valence-electron chi connectivity index (χ1n) is 8.80. The predicted molar refractivity (Wildman–Crippen MR) is 84.5 cm³/mol. The van der Waals surface area contributed by atoms with E-state index in [0.29, 0.717) is 5.41 Å². The maximum Gasteiger partial charge on any atom is 0.182 e. The van der Waals surface area contributed by atoms with Gasteiger partial charge in [0.05, 0.1) is 19.2 Å². The molecular weight excluding hydrogens is 244 g/mol. The van der Waals surface area contributed by atoms with Crippen LogP contribution in [0.15, 0.2) is 11.8 Å². The van der Waals surface area contributed by atoms with Gasteiger partial charge in [-0.3, -0.25) is 0 Å². The number of likely N-dealkylation sites (tertiary alicyclic amines) is 1. The second kappa shape index (κ2) is 6.01. The monoisotopic (exact) mass is 276 g/mol. The maximum atomic E-state index is 2.69. The van der Waals surface area contributed by atoms with Crippen LogP contribution in [-0.4, -0.2) is 36.5 Å². The number of piperidine rings is 2. The molecular formula is C18H32N2+2. The Hall–Kier alpha value is -0.630. The van der Waals surface area contributed by atoms with E-state index >= 15 is 0 Å². The molecule has 2 aliphatic heterocycles. The Labute approximate surface area is 124 Å². The number of allylic oxidation sites excluding steroid dienone is 2. The molecule has 20 heavy (non-hydrogen) atoms. The molecule has 2 nitrogen and oxygen atoms in total. The van der Waals surface area contributed by atoms with Gasteiger partial charge in [0.25, 0.3) is 0 Å². The van der Waals surface area contributed by atoms with Gasteiger partial charge in [0.15, 0.2) is 5.71 Å². The normalized spacial score (nSPS) is 28.4. The van der Waals surface area contributed by atoms with Crippen LogP contribution < -0.4 is 4.90 Å². The fourth-order valence-electron chi connectivity index (χ4n) is 4.28. The Morgan fingerprint density at radius 1 is 0.900 bits per heavy atom. The second-order valence-corrected chi connectivity index (χ2v) is 7.89. The Morgan fingerprint density at radius 3 is 2.25 bits per heavy atom. The van der Waals surface area contributed by atoms with E-state index in [0.717, 1.165) is 0 Å². The summed E-state index contributed by atoms with van der Waals surface area (Å²) in [7, 11) is 0. The molecule has 2 fully saturated rings. The van der Waals surface area contributed by atoms with Crippen LogP contribution in [0.2, 0.25) is 0 Å². The van der Waals surface area contributed by atoms with E-state index in [-0.39, 0.29) is 0 Å². The van der Waals surface area contributed by atoms with Gasteiger partial charge in [-0.1, -0.05) is 13.8 Å². The largest absolute Gasteiger partial charge is 0.306 e. The van der Waals surface area contributed by atoms with Crippen molar-refractivity contribution in [3.05, 3.63) is 11.8 Å². The first-order chi connectivity index (χ1) is 9.64. The zero-order chi connectivity index (χ0) is 14.0. The van der Waals surface area contributed by atoms with Crippen molar-refractivity contribution in [2.24, 2.45) is 5.41 Å². The summed E-state index contributed by atoms with van der Waals surface area (Å²) in [6, 6.07) is 0. The quantitative estimate of drug-likeness (QED) is 0.703. The van der Waals surface area contributed by atoms with E-state index in [4.69, 9.17) is 0 Å². The molecule has 0 bridgehead atoms. The molecule has 0 aromatic carbocycles. The Kier molecular flexibility index (Phi) is 4.30.